The van der Waals surface area contributed by atoms with Crippen LogP contribution < -0.4 is 31.8 Å². The second kappa shape index (κ2) is 6.39. The molecule has 0 saturated carbocycles. The van der Waals surface area contributed by atoms with E-state index in [0.717, 1.165) is 0 Å². The lowest BCUT2D eigenvalue weighted by Gasteiger charge is -2.08. The van der Waals surface area contributed by atoms with Crippen LogP contribution in [0.4, 0.5) is 11.4 Å². The number of fused-ring (bicyclic) bond motifs is 1. The molecule has 130 valence electrons. The first-order valence-electron chi connectivity index (χ1n) is 6.93. The van der Waals surface area contributed by atoms with Crippen LogP contribution in [0.2, 0.25) is 0 Å². The second-order valence-corrected chi connectivity index (χ2v) is 4.89. The standard InChI is InChI=1S/C14H12N4O7/c15-10-11(17-14(22)18-12(10)20)13(21)23-4-9(19)16-6-1-2-7-8(3-6)25-5-24-7/h1-3H,4-5,15H2,(H,16,19)(H2,17,18,20,22). The number of esters is 1. The van der Waals surface area contributed by atoms with Crippen LogP contribution in [0.3, 0.4) is 0 Å². The zero-order valence-electron chi connectivity index (χ0n) is 12.6. The van der Waals surface area contributed by atoms with Gasteiger partial charge in [0.25, 0.3) is 11.5 Å². The predicted molar refractivity (Wildman–Crippen MR) is 83.6 cm³/mol. The fourth-order valence-electron chi connectivity index (χ4n) is 2.03. The number of aromatic amines is 2. The lowest BCUT2D eigenvalue weighted by molar-refractivity contribution is -0.119. The SMILES string of the molecule is Nc1c(C(=O)OCC(=O)Nc2ccc3c(c2)OCO3)[nH]c(=O)[nH]c1=O. The molecule has 1 aromatic heterocycles. The Labute approximate surface area is 138 Å². The molecular weight excluding hydrogens is 336 g/mol. The van der Waals surface area contributed by atoms with E-state index in [1.807, 2.05) is 9.97 Å². The van der Waals surface area contributed by atoms with Gasteiger partial charge in [-0.3, -0.25) is 19.6 Å². The molecular formula is C14H12N4O7. The van der Waals surface area contributed by atoms with Crippen molar-refractivity contribution in [3.05, 3.63) is 44.7 Å². The Hall–Kier alpha value is -3.76. The monoisotopic (exact) mass is 348 g/mol. The molecule has 1 aromatic carbocycles. The van der Waals surface area contributed by atoms with Gasteiger partial charge in [-0.2, -0.15) is 0 Å². The third kappa shape index (κ3) is 3.44. The van der Waals surface area contributed by atoms with Gasteiger partial charge < -0.3 is 25.3 Å². The zero-order valence-corrected chi connectivity index (χ0v) is 12.6. The number of H-pyrrole nitrogens is 2. The van der Waals surface area contributed by atoms with Gasteiger partial charge >= 0.3 is 11.7 Å². The van der Waals surface area contributed by atoms with Crippen molar-refractivity contribution in [3.63, 3.8) is 0 Å². The predicted octanol–water partition coefficient (Wildman–Crippen LogP) is -0.830. The maximum Gasteiger partial charge on any atom is 0.357 e. The van der Waals surface area contributed by atoms with Gasteiger partial charge in [-0.15, -0.1) is 0 Å². The van der Waals surface area contributed by atoms with E-state index in [2.05, 4.69) is 5.32 Å². The van der Waals surface area contributed by atoms with Gasteiger partial charge in [-0.25, -0.2) is 9.59 Å². The molecule has 1 aliphatic rings. The Morgan fingerprint density at radius 2 is 1.96 bits per heavy atom. The second-order valence-electron chi connectivity index (χ2n) is 4.89. The number of nitrogen functional groups attached to an aromatic ring is 1. The van der Waals surface area contributed by atoms with Gasteiger partial charge in [0.15, 0.2) is 23.8 Å². The Bertz CT molecular complexity index is 962. The average Bonchev–Trinajstić information content (AvgIpc) is 3.03. The first-order valence-corrected chi connectivity index (χ1v) is 6.93. The number of nitrogens with two attached hydrogens (primary N) is 1. The summed E-state index contributed by atoms with van der Waals surface area (Å²) >= 11 is 0. The van der Waals surface area contributed by atoms with Crippen LogP contribution in [0, 0.1) is 0 Å². The highest BCUT2D eigenvalue weighted by Crippen LogP contribution is 2.34. The molecule has 0 aliphatic carbocycles. The third-order valence-electron chi connectivity index (χ3n) is 3.17. The summed E-state index contributed by atoms with van der Waals surface area (Å²) in [6.45, 7) is -0.554. The lowest BCUT2D eigenvalue weighted by Crippen LogP contribution is -2.30. The molecule has 1 amide bonds. The van der Waals surface area contributed by atoms with Crippen LogP contribution in [-0.4, -0.2) is 35.2 Å². The van der Waals surface area contributed by atoms with Crippen molar-refractivity contribution in [1.29, 1.82) is 0 Å². The summed E-state index contributed by atoms with van der Waals surface area (Å²) in [5.41, 5.74) is 2.92. The summed E-state index contributed by atoms with van der Waals surface area (Å²) in [6.07, 6.45) is 0. The molecule has 1 aliphatic heterocycles. The number of rotatable bonds is 4. The van der Waals surface area contributed by atoms with Gasteiger partial charge in [0, 0.05) is 11.8 Å². The summed E-state index contributed by atoms with van der Waals surface area (Å²) < 4.78 is 15.1. The number of aromatic nitrogens is 2. The third-order valence-corrected chi connectivity index (χ3v) is 3.17. The average molecular weight is 348 g/mol. The molecule has 0 atom stereocenters. The maximum absolute atomic E-state index is 11.8. The molecule has 0 unspecified atom stereocenters. The molecule has 5 N–H and O–H groups in total. The van der Waals surface area contributed by atoms with E-state index < -0.39 is 41.1 Å². The number of nitrogens with one attached hydrogen (secondary N) is 3. The highest BCUT2D eigenvalue weighted by atomic mass is 16.7. The molecule has 0 radical (unpaired) electrons. The van der Waals surface area contributed by atoms with Crippen LogP contribution in [0.5, 0.6) is 11.5 Å². The van der Waals surface area contributed by atoms with E-state index in [4.69, 9.17) is 19.9 Å². The molecule has 25 heavy (non-hydrogen) atoms. The van der Waals surface area contributed by atoms with E-state index >= 15 is 0 Å². The van der Waals surface area contributed by atoms with Crippen LogP contribution >= 0.6 is 0 Å². The smallest absolute Gasteiger partial charge is 0.357 e. The molecule has 11 heteroatoms. The van der Waals surface area contributed by atoms with Crippen molar-refractivity contribution in [2.75, 3.05) is 24.5 Å². The number of ether oxygens (including phenoxy) is 3. The van der Waals surface area contributed by atoms with E-state index in [1.165, 1.54) is 0 Å². The molecule has 2 aromatic rings. The molecule has 2 heterocycles. The number of carbonyl (C=O) groups is 2. The minimum atomic E-state index is -1.11. The Balaban J connectivity index is 1.62. The quantitative estimate of drug-likeness (QED) is 0.520. The van der Waals surface area contributed by atoms with Gasteiger partial charge in [-0.05, 0) is 12.1 Å². The van der Waals surface area contributed by atoms with Gasteiger partial charge in [-0.1, -0.05) is 0 Å². The van der Waals surface area contributed by atoms with Crippen LogP contribution in [-0.2, 0) is 9.53 Å². The molecule has 0 bridgehead atoms. The zero-order chi connectivity index (χ0) is 18.0. The van der Waals surface area contributed by atoms with E-state index in [1.54, 1.807) is 18.2 Å². The van der Waals surface area contributed by atoms with Crippen molar-refractivity contribution in [3.8, 4) is 11.5 Å². The number of anilines is 2. The topological polar surface area (TPSA) is 166 Å². The van der Waals surface area contributed by atoms with Crippen molar-refractivity contribution in [1.82, 2.24) is 9.97 Å². The Kier molecular flexibility index (Phi) is 4.12. The van der Waals surface area contributed by atoms with Gasteiger partial charge in [0.2, 0.25) is 6.79 Å². The van der Waals surface area contributed by atoms with Crippen molar-refractivity contribution in [2.45, 2.75) is 0 Å². The molecule has 0 fully saturated rings. The van der Waals surface area contributed by atoms with Gasteiger partial charge in [0.1, 0.15) is 5.69 Å². The summed E-state index contributed by atoms with van der Waals surface area (Å²) in [6, 6.07) is 4.75. The molecule has 11 nitrogen and oxygen atoms in total. The summed E-state index contributed by atoms with van der Waals surface area (Å²) in [7, 11) is 0. The molecule has 3 rings (SSSR count). The van der Waals surface area contributed by atoms with Crippen molar-refractivity contribution >= 4 is 23.3 Å². The van der Waals surface area contributed by atoms with Gasteiger partial charge in [0.05, 0.1) is 0 Å². The Morgan fingerprint density at radius 1 is 1.20 bits per heavy atom. The largest absolute Gasteiger partial charge is 0.454 e. The number of hydrogen-bond acceptors (Lipinski definition) is 8. The maximum atomic E-state index is 11.8. The summed E-state index contributed by atoms with van der Waals surface area (Å²) in [4.78, 5) is 50.1. The van der Waals surface area contributed by atoms with Crippen LogP contribution in [0.25, 0.3) is 0 Å². The van der Waals surface area contributed by atoms with E-state index in [-0.39, 0.29) is 6.79 Å². The van der Waals surface area contributed by atoms with E-state index in [0.29, 0.717) is 17.2 Å². The summed E-state index contributed by atoms with van der Waals surface area (Å²) in [5, 5.41) is 2.49. The number of benzene rings is 1. The first-order chi connectivity index (χ1) is 11.9. The minimum absolute atomic E-state index is 0.0974. The minimum Gasteiger partial charge on any atom is -0.454 e. The lowest BCUT2D eigenvalue weighted by atomic mass is 10.3. The van der Waals surface area contributed by atoms with Crippen LogP contribution in [0.15, 0.2) is 27.8 Å². The van der Waals surface area contributed by atoms with Crippen LogP contribution in [0.1, 0.15) is 10.5 Å². The summed E-state index contributed by atoms with van der Waals surface area (Å²) in [5.74, 6) is -0.721. The number of hydrogen-bond donors (Lipinski definition) is 4. The fraction of sp³-hybridized carbons (Fsp3) is 0.143. The van der Waals surface area contributed by atoms with Crippen molar-refractivity contribution in [2.24, 2.45) is 0 Å². The normalized spacial score (nSPS) is 11.8. The van der Waals surface area contributed by atoms with Crippen molar-refractivity contribution < 1.29 is 23.8 Å². The highest BCUT2D eigenvalue weighted by molar-refractivity contribution is 5.96. The number of carbonyl (C=O) groups excluding carboxylic acids is 2. The Morgan fingerprint density at radius 3 is 2.76 bits per heavy atom. The highest BCUT2D eigenvalue weighted by Gasteiger charge is 2.18. The molecule has 0 saturated heterocycles. The fourth-order valence-corrected chi connectivity index (χ4v) is 2.03. The number of amides is 1. The van der Waals surface area contributed by atoms with E-state index in [9.17, 15) is 19.2 Å². The molecule has 0 spiro atoms. The first kappa shape index (κ1) is 16.1.